The molecule has 2 heterocycles. The normalized spacial score (nSPS) is 20.3. The van der Waals surface area contributed by atoms with Gasteiger partial charge in [0.25, 0.3) is 5.91 Å². The number of hydrogen-bond donors (Lipinski definition) is 1. The zero-order chi connectivity index (χ0) is 15.2. The third-order valence-corrected chi connectivity index (χ3v) is 3.60. The van der Waals surface area contributed by atoms with Crippen LogP contribution in [0.5, 0.6) is 0 Å². The van der Waals surface area contributed by atoms with E-state index < -0.39 is 18.1 Å². The molecule has 1 aromatic heterocycles. The van der Waals surface area contributed by atoms with E-state index in [9.17, 15) is 14.7 Å². The fraction of sp³-hybridized carbons (Fsp3) is 0.533. The second-order valence-corrected chi connectivity index (χ2v) is 5.09. The summed E-state index contributed by atoms with van der Waals surface area (Å²) in [4.78, 5) is 29.2. The number of aliphatic carboxylic acids is 1. The van der Waals surface area contributed by atoms with Gasteiger partial charge in [0.15, 0.2) is 0 Å². The van der Waals surface area contributed by atoms with Crippen molar-refractivity contribution in [3.63, 3.8) is 0 Å². The molecule has 0 spiro atoms. The summed E-state index contributed by atoms with van der Waals surface area (Å²) in [6, 6.07) is 2.90. The van der Waals surface area contributed by atoms with Crippen molar-refractivity contribution in [1.82, 2.24) is 9.88 Å². The Morgan fingerprint density at radius 2 is 2.24 bits per heavy atom. The molecule has 1 amide bonds. The Hall–Kier alpha value is -1.95. The minimum absolute atomic E-state index is 0.237. The summed E-state index contributed by atoms with van der Waals surface area (Å²) < 4.78 is 5.53. The van der Waals surface area contributed by atoms with Crippen LogP contribution in [0.1, 0.15) is 25.3 Å². The smallest absolute Gasteiger partial charge is 0.326 e. The van der Waals surface area contributed by atoms with Crippen molar-refractivity contribution in [2.45, 2.75) is 38.3 Å². The molecule has 0 bridgehead atoms. The molecule has 1 fully saturated rings. The van der Waals surface area contributed by atoms with Crippen LogP contribution in [0.3, 0.4) is 0 Å². The molecule has 1 saturated heterocycles. The van der Waals surface area contributed by atoms with Crippen molar-refractivity contribution in [2.24, 2.45) is 0 Å². The summed E-state index contributed by atoms with van der Waals surface area (Å²) in [5, 5.41) is 9.31. The number of carbonyl (C=O) groups is 2. The average Bonchev–Trinajstić information content (AvgIpc) is 2.48. The second kappa shape index (κ2) is 7.17. The van der Waals surface area contributed by atoms with Crippen molar-refractivity contribution in [3.05, 3.63) is 30.1 Å². The Labute approximate surface area is 123 Å². The highest BCUT2D eigenvalue weighted by molar-refractivity contribution is 5.87. The first-order valence-corrected chi connectivity index (χ1v) is 7.17. The highest BCUT2D eigenvalue weighted by Crippen LogP contribution is 2.17. The van der Waals surface area contributed by atoms with Gasteiger partial charge < -0.3 is 14.7 Å². The van der Waals surface area contributed by atoms with Gasteiger partial charge in [0, 0.05) is 25.4 Å². The number of nitrogens with zero attached hydrogens (tertiary/aromatic N) is 2. The number of carboxylic acid groups (broad SMARTS) is 1. The summed E-state index contributed by atoms with van der Waals surface area (Å²) in [7, 11) is 0. The lowest BCUT2D eigenvalue weighted by molar-refractivity contribution is -0.164. The molecule has 6 nitrogen and oxygen atoms in total. The van der Waals surface area contributed by atoms with Crippen LogP contribution in [-0.4, -0.2) is 52.2 Å². The fourth-order valence-corrected chi connectivity index (χ4v) is 2.53. The molecule has 0 radical (unpaired) electrons. The van der Waals surface area contributed by atoms with Crippen LogP contribution in [0, 0.1) is 0 Å². The van der Waals surface area contributed by atoms with E-state index >= 15 is 0 Å². The summed E-state index contributed by atoms with van der Waals surface area (Å²) in [6.07, 6.45) is 4.34. The van der Waals surface area contributed by atoms with E-state index in [1.165, 1.54) is 4.90 Å². The third kappa shape index (κ3) is 3.78. The molecule has 1 N–H and O–H groups in total. The number of rotatable bonds is 6. The topological polar surface area (TPSA) is 79.7 Å². The standard InChI is InChI=1S/C15H20N2O4/c1-2-3-12(15(19)20)17-8-9-21-13(14(17)18)10-11-4-6-16-7-5-11/h4-7,12-13H,2-3,8-10H2,1H3,(H,19,20). The monoisotopic (exact) mass is 292 g/mol. The van der Waals surface area contributed by atoms with E-state index in [1.54, 1.807) is 12.4 Å². The van der Waals surface area contributed by atoms with Crippen LogP contribution in [0.4, 0.5) is 0 Å². The van der Waals surface area contributed by atoms with E-state index in [0.29, 0.717) is 26.0 Å². The van der Waals surface area contributed by atoms with E-state index in [-0.39, 0.29) is 5.91 Å². The number of aromatic nitrogens is 1. The minimum Gasteiger partial charge on any atom is -0.480 e. The highest BCUT2D eigenvalue weighted by Gasteiger charge is 2.36. The van der Waals surface area contributed by atoms with Crippen LogP contribution in [0.2, 0.25) is 0 Å². The predicted molar refractivity (Wildman–Crippen MR) is 75.7 cm³/mol. The quantitative estimate of drug-likeness (QED) is 0.849. The summed E-state index contributed by atoms with van der Waals surface area (Å²) in [5.41, 5.74) is 0.951. The van der Waals surface area contributed by atoms with E-state index in [0.717, 1.165) is 12.0 Å². The number of morpholine rings is 1. The van der Waals surface area contributed by atoms with Gasteiger partial charge in [-0.15, -0.1) is 0 Å². The molecule has 21 heavy (non-hydrogen) atoms. The van der Waals surface area contributed by atoms with Crippen molar-refractivity contribution in [2.75, 3.05) is 13.2 Å². The lowest BCUT2D eigenvalue weighted by Crippen LogP contribution is -2.55. The van der Waals surface area contributed by atoms with Gasteiger partial charge in [0.2, 0.25) is 0 Å². The van der Waals surface area contributed by atoms with Crippen LogP contribution < -0.4 is 0 Å². The molecule has 114 valence electrons. The Bertz CT molecular complexity index is 492. The van der Waals surface area contributed by atoms with Gasteiger partial charge in [-0.2, -0.15) is 0 Å². The minimum atomic E-state index is -0.949. The summed E-state index contributed by atoms with van der Waals surface area (Å²) >= 11 is 0. The third-order valence-electron chi connectivity index (χ3n) is 3.60. The van der Waals surface area contributed by atoms with Gasteiger partial charge in [-0.25, -0.2) is 4.79 Å². The maximum absolute atomic E-state index is 12.5. The first-order valence-electron chi connectivity index (χ1n) is 7.17. The SMILES string of the molecule is CCCC(C(=O)O)N1CCOC(Cc2ccncc2)C1=O. The van der Waals surface area contributed by atoms with Crippen molar-refractivity contribution >= 4 is 11.9 Å². The van der Waals surface area contributed by atoms with Gasteiger partial charge in [0.05, 0.1) is 6.61 Å². The molecule has 2 rings (SSSR count). The number of pyridine rings is 1. The number of hydrogen-bond acceptors (Lipinski definition) is 4. The molecule has 0 aliphatic carbocycles. The van der Waals surface area contributed by atoms with Crippen molar-refractivity contribution in [3.8, 4) is 0 Å². The molecular formula is C15H20N2O4. The molecule has 1 aliphatic heterocycles. The van der Waals surface area contributed by atoms with Gasteiger partial charge in [-0.3, -0.25) is 9.78 Å². The van der Waals surface area contributed by atoms with Crippen molar-refractivity contribution < 1.29 is 19.4 Å². The average molecular weight is 292 g/mol. The predicted octanol–water partition coefficient (Wildman–Crippen LogP) is 1.10. The van der Waals surface area contributed by atoms with Crippen LogP contribution in [0.25, 0.3) is 0 Å². The molecule has 2 atom stereocenters. The first-order chi connectivity index (χ1) is 10.1. The number of carbonyl (C=O) groups excluding carboxylic acids is 1. The van der Waals surface area contributed by atoms with Gasteiger partial charge in [-0.1, -0.05) is 13.3 Å². The maximum Gasteiger partial charge on any atom is 0.326 e. The molecule has 6 heteroatoms. The molecule has 2 unspecified atom stereocenters. The van der Waals surface area contributed by atoms with E-state index in [4.69, 9.17) is 4.74 Å². The number of carboxylic acids is 1. The maximum atomic E-state index is 12.5. The lowest BCUT2D eigenvalue weighted by Gasteiger charge is -2.36. The van der Waals surface area contributed by atoms with Crippen LogP contribution in [-0.2, 0) is 20.7 Å². The summed E-state index contributed by atoms with van der Waals surface area (Å²) in [6.45, 7) is 2.62. The number of amides is 1. The zero-order valence-corrected chi connectivity index (χ0v) is 12.1. The van der Waals surface area contributed by atoms with Crippen molar-refractivity contribution in [1.29, 1.82) is 0 Å². The Morgan fingerprint density at radius 3 is 2.86 bits per heavy atom. The largest absolute Gasteiger partial charge is 0.480 e. The molecular weight excluding hydrogens is 272 g/mol. The number of ether oxygens (including phenoxy) is 1. The van der Waals surface area contributed by atoms with Gasteiger partial charge >= 0.3 is 5.97 Å². The lowest BCUT2D eigenvalue weighted by atomic mass is 10.0. The van der Waals surface area contributed by atoms with E-state index in [2.05, 4.69) is 4.98 Å². The molecule has 1 aliphatic rings. The van der Waals surface area contributed by atoms with Crippen LogP contribution >= 0.6 is 0 Å². The second-order valence-electron chi connectivity index (χ2n) is 5.09. The van der Waals surface area contributed by atoms with E-state index in [1.807, 2.05) is 19.1 Å². The fourth-order valence-electron chi connectivity index (χ4n) is 2.53. The Kier molecular flexibility index (Phi) is 5.27. The highest BCUT2D eigenvalue weighted by atomic mass is 16.5. The first kappa shape index (κ1) is 15.4. The zero-order valence-electron chi connectivity index (χ0n) is 12.1. The van der Waals surface area contributed by atoms with Crippen LogP contribution in [0.15, 0.2) is 24.5 Å². The Morgan fingerprint density at radius 1 is 1.52 bits per heavy atom. The Balaban J connectivity index is 2.08. The molecule has 0 saturated carbocycles. The molecule has 0 aromatic carbocycles. The summed E-state index contributed by atoms with van der Waals surface area (Å²) in [5.74, 6) is -1.19. The molecule has 1 aromatic rings. The van der Waals surface area contributed by atoms with Gasteiger partial charge in [0.1, 0.15) is 12.1 Å². The van der Waals surface area contributed by atoms with Gasteiger partial charge in [-0.05, 0) is 24.1 Å².